The fourth-order valence-electron chi connectivity index (χ4n) is 1.01. The standard InChI is InChI=1S/C11H11N3O3/c1-2-17-10(15)4-3-8-5-9(7-13-6-8)11(16)14-12/h5-7H,2,12H2,1H3,(H,14,16). The van der Waals surface area contributed by atoms with Crippen LogP contribution in [0.25, 0.3) is 0 Å². The van der Waals surface area contributed by atoms with Crippen molar-refractivity contribution >= 4 is 11.9 Å². The lowest BCUT2D eigenvalue weighted by Gasteiger charge is -1.98. The van der Waals surface area contributed by atoms with Crippen molar-refractivity contribution in [3.8, 4) is 11.8 Å². The van der Waals surface area contributed by atoms with Gasteiger partial charge in [0.25, 0.3) is 5.91 Å². The zero-order valence-electron chi connectivity index (χ0n) is 9.19. The number of nitrogen functional groups attached to an aromatic ring is 1. The summed E-state index contributed by atoms with van der Waals surface area (Å²) in [6, 6.07) is 1.47. The number of nitrogens with zero attached hydrogens (tertiary/aromatic N) is 1. The van der Waals surface area contributed by atoms with Crippen LogP contribution in [0.5, 0.6) is 0 Å². The first kappa shape index (κ1) is 12.7. The molecule has 0 atom stereocenters. The van der Waals surface area contributed by atoms with Gasteiger partial charge in [-0.25, -0.2) is 10.6 Å². The molecule has 0 fully saturated rings. The minimum atomic E-state index is -0.624. The average Bonchev–Trinajstić information content (AvgIpc) is 2.36. The third-order valence-corrected chi connectivity index (χ3v) is 1.72. The van der Waals surface area contributed by atoms with Gasteiger partial charge in [0.05, 0.1) is 12.2 Å². The van der Waals surface area contributed by atoms with E-state index in [4.69, 9.17) is 5.84 Å². The van der Waals surface area contributed by atoms with Crippen molar-refractivity contribution in [2.45, 2.75) is 6.92 Å². The third kappa shape index (κ3) is 3.93. The minimum Gasteiger partial charge on any atom is -0.456 e. The Bertz CT molecular complexity index is 488. The second kappa shape index (κ2) is 6.25. The molecular weight excluding hydrogens is 222 g/mol. The number of ether oxygens (including phenoxy) is 1. The number of rotatable bonds is 2. The summed E-state index contributed by atoms with van der Waals surface area (Å²) in [5.74, 6) is 8.69. The largest absolute Gasteiger partial charge is 0.456 e. The Kier molecular flexibility index (Phi) is 4.66. The molecule has 6 heteroatoms. The lowest BCUT2D eigenvalue weighted by Crippen LogP contribution is -2.30. The highest BCUT2D eigenvalue weighted by molar-refractivity contribution is 5.94. The molecular formula is C11H11N3O3. The summed E-state index contributed by atoms with van der Waals surface area (Å²) in [7, 11) is 0. The highest BCUT2D eigenvalue weighted by Gasteiger charge is 2.03. The van der Waals surface area contributed by atoms with E-state index in [9.17, 15) is 9.59 Å². The van der Waals surface area contributed by atoms with Gasteiger partial charge >= 0.3 is 5.97 Å². The van der Waals surface area contributed by atoms with Gasteiger partial charge < -0.3 is 4.74 Å². The number of hydrogen-bond donors (Lipinski definition) is 2. The molecule has 0 aromatic carbocycles. The topological polar surface area (TPSA) is 94.3 Å². The Labute approximate surface area is 98.1 Å². The zero-order chi connectivity index (χ0) is 12.7. The number of carbonyl (C=O) groups excluding carboxylic acids is 2. The molecule has 88 valence electrons. The van der Waals surface area contributed by atoms with Crippen LogP contribution in [0.3, 0.4) is 0 Å². The minimum absolute atomic E-state index is 0.265. The van der Waals surface area contributed by atoms with Gasteiger partial charge in [0.15, 0.2) is 0 Å². The van der Waals surface area contributed by atoms with Gasteiger partial charge in [-0.05, 0) is 13.0 Å². The molecule has 0 aliphatic heterocycles. The predicted octanol–water partition coefficient (Wildman–Crippen LogP) is -0.400. The second-order valence-electron chi connectivity index (χ2n) is 2.91. The van der Waals surface area contributed by atoms with Crippen LogP contribution in [0, 0.1) is 11.8 Å². The highest BCUT2D eigenvalue weighted by Crippen LogP contribution is 2.00. The molecule has 17 heavy (non-hydrogen) atoms. The van der Waals surface area contributed by atoms with Crippen LogP contribution in [0.2, 0.25) is 0 Å². The number of nitrogens with two attached hydrogens (primary N) is 1. The monoisotopic (exact) mass is 233 g/mol. The molecule has 1 aromatic heterocycles. The molecule has 1 rings (SSSR count). The Balaban J connectivity index is 2.85. The van der Waals surface area contributed by atoms with E-state index in [1.807, 2.05) is 5.43 Å². The van der Waals surface area contributed by atoms with Crippen molar-refractivity contribution in [3.05, 3.63) is 29.6 Å². The zero-order valence-corrected chi connectivity index (χ0v) is 9.19. The van der Waals surface area contributed by atoms with Crippen molar-refractivity contribution in [2.24, 2.45) is 5.84 Å². The van der Waals surface area contributed by atoms with E-state index in [1.165, 1.54) is 18.5 Å². The maximum Gasteiger partial charge on any atom is 0.384 e. The first-order valence-corrected chi connectivity index (χ1v) is 4.82. The molecule has 0 saturated heterocycles. The van der Waals surface area contributed by atoms with Gasteiger partial charge in [-0.2, -0.15) is 0 Å². The van der Waals surface area contributed by atoms with E-state index in [-0.39, 0.29) is 12.2 Å². The smallest absolute Gasteiger partial charge is 0.384 e. The van der Waals surface area contributed by atoms with Gasteiger partial charge in [0, 0.05) is 23.9 Å². The number of hydrazine groups is 1. The fourth-order valence-corrected chi connectivity index (χ4v) is 1.01. The normalized spacial score (nSPS) is 8.82. The van der Waals surface area contributed by atoms with E-state index >= 15 is 0 Å². The maximum absolute atomic E-state index is 11.2. The fraction of sp³-hybridized carbons (Fsp3) is 0.182. The van der Waals surface area contributed by atoms with Crippen LogP contribution in [0.1, 0.15) is 22.8 Å². The first-order valence-electron chi connectivity index (χ1n) is 4.82. The van der Waals surface area contributed by atoms with Crippen molar-refractivity contribution < 1.29 is 14.3 Å². The molecule has 0 saturated carbocycles. The van der Waals surface area contributed by atoms with E-state index in [2.05, 4.69) is 21.6 Å². The maximum atomic E-state index is 11.2. The number of aromatic nitrogens is 1. The van der Waals surface area contributed by atoms with Gasteiger partial charge in [-0.3, -0.25) is 15.2 Å². The highest BCUT2D eigenvalue weighted by atomic mass is 16.5. The quantitative estimate of drug-likeness (QED) is 0.238. The van der Waals surface area contributed by atoms with E-state index in [0.29, 0.717) is 5.56 Å². The number of pyridine rings is 1. The first-order chi connectivity index (χ1) is 8.17. The van der Waals surface area contributed by atoms with Crippen LogP contribution in [-0.4, -0.2) is 23.5 Å². The molecule has 0 radical (unpaired) electrons. The predicted molar refractivity (Wildman–Crippen MR) is 59.4 cm³/mol. The van der Waals surface area contributed by atoms with Crippen LogP contribution in [-0.2, 0) is 9.53 Å². The number of hydrogen-bond acceptors (Lipinski definition) is 5. The summed E-state index contributed by atoms with van der Waals surface area (Å²) >= 11 is 0. The molecule has 1 aromatic rings. The van der Waals surface area contributed by atoms with Crippen LogP contribution < -0.4 is 11.3 Å². The summed E-state index contributed by atoms with van der Waals surface area (Å²) in [5, 5.41) is 0. The molecule has 0 aliphatic rings. The summed E-state index contributed by atoms with van der Waals surface area (Å²) in [5.41, 5.74) is 2.67. The molecule has 0 bridgehead atoms. The Morgan fingerprint density at radius 1 is 1.53 bits per heavy atom. The molecule has 0 aliphatic carbocycles. The number of nitrogens with one attached hydrogen (secondary N) is 1. The van der Waals surface area contributed by atoms with Crippen molar-refractivity contribution in [1.82, 2.24) is 10.4 Å². The van der Waals surface area contributed by atoms with Crippen LogP contribution >= 0.6 is 0 Å². The third-order valence-electron chi connectivity index (χ3n) is 1.72. The van der Waals surface area contributed by atoms with Crippen LogP contribution in [0.4, 0.5) is 0 Å². The second-order valence-corrected chi connectivity index (χ2v) is 2.91. The van der Waals surface area contributed by atoms with Gasteiger partial charge in [0.1, 0.15) is 0 Å². The molecule has 1 amide bonds. The SMILES string of the molecule is CCOC(=O)C#Cc1cncc(C(=O)NN)c1. The van der Waals surface area contributed by atoms with Gasteiger partial charge in [-0.1, -0.05) is 5.92 Å². The Hall–Kier alpha value is -2.39. The van der Waals surface area contributed by atoms with Gasteiger partial charge in [0.2, 0.25) is 0 Å². The molecule has 6 nitrogen and oxygen atoms in total. The van der Waals surface area contributed by atoms with Crippen molar-refractivity contribution in [2.75, 3.05) is 6.61 Å². The number of amides is 1. The van der Waals surface area contributed by atoms with Crippen molar-refractivity contribution in [1.29, 1.82) is 0 Å². The number of carbonyl (C=O) groups is 2. The van der Waals surface area contributed by atoms with E-state index in [1.54, 1.807) is 6.92 Å². The molecule has 1 heterocycles. The van der Waals surface area contributed by atoms with E-state index in [0.717, 1.165) is 0 Å². The Morgan fingerprint density at radius 3 is 2.94 bits per heavy atom. The molecule has 3 N–H and O–H groups in total. The Morgan fingerprint density at radius 2 is 2.29 bits per heavy atom. The summed E-state index contributed by atoms with van der Waals surface area (Å²) < 4.78 is 4.63. The van der Waals surface area contributed by atoms with Gasteiger partial charge in [-0.15, -0.1) is 0 Å². The van der Waals surface area contributed by atoms with E-state index < -0.39 is 11.9 Å². The average molecular weight is 233 g/mol. The summed E-state index contributed by atoms with van der Waals surface area (Å²) in [6.45, 7) is 1.95. The number of esters is 1. The summed E-state index contributed by atoms with van der Waals surface area (Å²) in [4.78, 5) is 26.0. The lowest BCUT2D eigenvalue weighted by molar-refractivity contribution is -0.136. The summed E-state index contributed by atoms with van der Waals surface area (Å²) in [6.07, 6.45) is 2.78. The molecule has 0 unspecified atom stereocenters. The van der Waals surface area contributed by atoms with Crippen LogP contribution in [0.15, 0.2) is 18.5 Å². The lowest BCUT2D eigenvalue weighted by atomic mass is 10.2. The van der Waals surface area contributed by atoms with Crippen molar-refractivity contribution in [3.63, 3.8) is 0 Å². The molecule has 0 spiro atoms.